The molecular formula is C29H30BrClF3N3O4S. The lowest BCUT2D eigenvalue weighted by Crippen LogP contribution is -2.51. The quantitative estimate of drug-likeness (QED) is 0.249. The van der Waals surface area contributed by atoms with E-state index >= 15 is 0 Å². The topological polar surface area (TPSA) is 86.8 Å². The highest BCUT2D eigenvalue weighted by Crippen LogP contribution is 2.37. The van der Waals surface area contributed by atoms with Crippen molar-refractivity contribution in [1.29, 1.82) is 0 Å². The van der Waals surface area contributed by atoms with Crippen LogP contribution in [0.1, 0.15) is 31.9 Å². The molecule has 1 atom stereocenters. The second kappa shape index (κ2) is 13.9. The zero-order valence-electron chi connectivity index (χ0n) is 23.0. The molecule has 1 N–H and O–H groups in total. The van der Waals surface area contributed by atoms with E-state index in [-0.39, 0.29) is 22.4 Å². The number of amides is 2. The van der Waals surface area contributed by atoms with Gasteiger partial charge >= 0.3 is 6.18 Å². The maximum Gasteiger partial charge on any atom is 0.416 e. The van der Waals surface area contributed by atoms with E-state index in [1.165, 1.54) is 36.1 Å². The van der Waals surface area contributed by atoms with E-state index in [0.29, 0.717) is 27.0 Å². The number of rotatable bonds is 11. The Balaban J connectivity index is 2.11. The predicted molar refractivity (Wildman–Crippen MR) is 159 cm³/mol. The second-order valence-corrected chi connectivity index (χ2v) is 13.1. The molecule has 0 saturated carbocycles. The summed E-state index contributed by atoms with van der Waals surface area (Å²) < 4.78 is 69.8. The van der Waals surface area contributed by atoms with Crippen molar-refractivity contribution in [2.75, 3.05) is 17.4 Å². The van der Waals surface area contributed by atoms with Gasteiger partial charge in [-0.1, -0.05) is 71.7 Å². The maximum atomic E-state index is 13.9. The largest absolute Gasteiger partial charge is 0.416 e. The summed E-state index contributed by atoms with van der Waals surface area (Å²) >= 11 is 9.63. The van der Waals surface area contributed by atoms with Crippen LogP contribution in [-0.2, 0) is 32.3 Å². The van der Waals surface area contributed by atoms with Crippen LogP contribution >= 0.6 is 27.5 Å². The van der Waals surface area contributed by atoms with Gasteiger partial charge in [0.15, 0.2) is 0 Å². The highest BCUT2D eigenvalue weighted by molar-refractivity contribution is 9.10. The molecule has 0 unspecified atom stereocenters. The highest BCUT2D eigenvalue weighted by Gasteiger charge is 2.36. The fraction of sp³-hybridized carbons (Fsp3) is 0.310. The van der Waals surface area contributed by atoms with Gasteiger partial charge in [0.1, 0.15) is 12.6 Å². The molecule has 42 heavy (non-hydrogen) atoms. The van der Waals surface area contributed by atoms with Gasteiger partial charge in [0.2, 0.25) is 11.8 Å². The van der Waals surface area contributed by atoms with Crippen molar-refractivity contribution in [2.45, 2.75) is 44.4 Å². The Kier molecular flexibility index (Phi) is 11.1. The Labute approximate surface area is 256 Å². The summed E-state index contributed by atoms with van der Waals surface area (Å²) in [4.78, 5) is 27.9. The first-order valence-electron chi connectivity index (χ1n) is 12.9. The molecule has 0 spiro atoms. The van der Waals surface area contributed by atoms with Gasteiger partial charge in [-0.05, 0) is 60.9 Å². The standard InChI is InChI=1S/C29H30BrClF3N3O4S/c1-19(2)16-35-28(39)20(3)36(17-21-8-7-9-23(30)14-21)27(38)18-37(42(40,41)24-10-5-4-6-11-24)26-15-22(29(32,33)34)12-13-25(26)31/h4-15,19-20H,16-18H2,1-3H3,(H,35,39)/t20-/m0/s1. The Hall–Kier alpha value is -3.09. The fourth-order valence-corrected chi connectivity index (χ4v) is 6.14. The molecule has 0 aromatic heterocycles. The third-order valence-electron chi connectivity index (χ3n) is 6.25. The lowest BCUT2D eigenvalue weighted by atomic mass is 10.1. The molecule has 0 aliphatic rings. The molecule has 0 radical (unpaired) electrons. The average molecular weight is 689 g/mol. The SMILES string of the molecule is CC(C)CNC(=O)[C@H](C)N(Cc1cccc(Br)c1)C(=O)CN(c1cc(C(F)(F)F)ccc1Cl)S(=O)(=O)c1ccccc1. The molecule has 3 aromatic carbocycles. The van der Waals surface area contributed by atoms with Gasteiger partial charge in [-0.25, -0.2) is 8.42 Å². The summed E-state index contributed by atoms with van der Waals surface area (Å²) in [5.74, 6) is -1.17. The maximum absolute atomic E-state index is 13.9. The number of benzene rings is 3. The van der Waals surface area contributed by atoms with Crippen LogP contribution in [0.4, 0.5) is 18.9 Å². The first-order chi connectivity index (χ1) is 19.6. The van der Waals surface area contributed by atoms with Gasteiger partial charge in [0, 0.05) is 17.6 Å². The van der Waals surface area contributed by atoms with E-state index in [1.807, 2.05) is 13.8 Å². The number of nitrogens with one attached hydrogen (secondary N) is 1. The minimum atomic E-state index is -4.80. The van der Waals surface area contributed by atoms with Crippen LogP contribution in [0.15, 0.2) is 82.2 Å². The number of alkyl halides is 3. The molecule has 0 aliphatic carbocycles. The molecule has 0 fully saturated rings. The fourth-order valence-electron chi connectivity index (χ4n) is 3.98. The van der Waals surface area contributed by atoms with Crippen molar-refractivity contribution in [3.63, 3.8) is 0 Å². The smallest absolute Gasteiger partial charge is 0.354 e. The molecule has 3 rings (SSSR count). The zero-order valence-corrected chi connectivity index (χ0v) is 26.2. The van der Waals surface area contributed by atoms with Crippen molar-refractivity contribution in [1.82, 2.24) is 10.2 Å². The molecule has 0 heterocycles. The zero-order chi connectivity index (χ0) is 31.2. The van der Waals surface area contributed by atoms with Crippen molar-refractivity contribution in [3.05, 3.63) is 93.4 Å². The van der Waals surface area contributed by atoms with Gasteiger partial charge in [0.05, 0.1) is 21.2 Å². The first-order valence-corrected chi connectivity index (χ1v) is 15.5. The summed E-state index contributed by atoms with van der Waals surface area (Å²) in [6, 6.07) is 15.2. The minimum Gasteiger partial charge on any atom is -0.354 e. The number of halogens is 5. The Morgan fingerprint density at radius 2 is 1.64 bits per heavy atom. The highest BCUT2D eigenvalue weighted by atomic mass is 79.9. The third-order valence-corrected chi connectivity index (χ3v) is 8.83. The van der Waals surface area contributed by atoms with E-state index in [9.17, 15) is 31.2 Å². The van der Waals surface area contributed by atoms with Gasteiger partial charge in [0.25, 0.3) is 10.0 Å². The Bertz CT molecular complexity index is 1520. The number of hydrogen-bond donors (Lipinski definition) is 1. The molecule has 13 heteroatoms. The summed E-state index contributed by atoms with van der Waals surface area (Å²) in [6.45, 7) is 4.65. The molecule has 7 nitrogen and oxygen atoms in total. The van der Waals surface area contributed by atoms with Gasteiger partial charge in [-0.2, -0.15) is 13.2 Å². The number of carbonyl (C=O) groups excluding carboxylic acids is 2. The number of anilines is 1. The van der Waals surface area contributed by atoms with Crippen LogP contribution < -0.4 is 9.62 Å². The first kappa shape index (κ1) is 33.4. The van der Waals surface area contributed by atoms with Crippen LogP contribution in [0.5, 0.6) is 0 Å². The van der Waals surface area contributed by atoms with Gasteiger partial charge in [-0.15, -0.1) is 0 Å². The van der Waals surface area contributed by atoms with Crippen LogP contribution in [0.25, 0.3) is 0 Å². The van der Waals surface area contributed by atoms with Crippen LogP contribution in [-0.4, -0.2) is 44.3 Å². The third kappa shape index (κ3) is 8.48. The minimum absolute atomic E-state index is 0.0793. The van der Waals surface area contributed by atoms with Crippen molar-refractivity contribution < 1.29 is 31.2 Å². The Morgan fingerprint density at radius 1 is 0.976 bits per heavy atom. The normalized spacial score (nSPS) is 12.6. The second-order valence-electron chi connectivity index (χ2n) is 9.96. The number of nitrogens with zero attached hydrogens (tertiary/aromatic N) is 2. The van der Waals surface area contributed by atoms with Gasteiger partial charge in [-0.3, -0.25) is 13.9 Å². The molecule has 3 aromatic rings. The van der Waals surface area contributed by atoms with Crippen LogP contribution in [0.2, 0.25) is 5.02 Å². The van der Waals surface area contributed by atoms with Gasteiger partial charge < -0.3 is 10.2 Å². The number of carbonyl (C=O) groups is 2. The van der Waals surface area contributed by atoms with Crippen LogP contribution in [0, 0.1) is 5.92 Å². The molecule has 0 aliphatic heterocycles. The number of hydrogen-bond acceptors (Lipinski definition) is 4. The lowest BCUT2D eigenvalue weighted by molar-refractivity contribution is -0.139. The summed E-state index contributed by atoms with van der Waals surface area (Å²) in [5.41, 5.74) is -1.03. The molecule has 0 bridgehead atoms. The monoisotopic (exact) mass is 687 g/mol. The van der Waals surface area contributed by atoms with E-state index in [1.54, 1.807) is 30.3 Å². The van der Waals surface area contributed by atoms with Crippen molar-refractivity contribution >= 4 is 55.1 Å². The lowest BCUT2D eigenvalue weighted by Gasteiger charge is -2.32. The van der Waals surface area contributed by atoms with E-state index in [4.69, 9.17) is 11.6 Å². The summed E-state index contributed by atoms with van der Waals surface area (Å²) in [5, 5.41) is 2.46. The molecular weight excluding hydrogens is 659 g/mol. The van der Waals surface area contributed by atoms with E-state index in [2.05, 4.69) is 21.2 Å². The van der Waals surface area contributed by atoms with Crippen molar-refractivity contribution in [3.8, 4) is 0 Å². The average Bonchev–Trinajstić information content (AvgIpc) is 2.93. The molecule has 2 amide bonds. The molecule has 226 valence electrons. The number of sulfonamides is 1. The van der Waals surface area contributed by atoms with Crippen molar-refractivity contribution in [2.24, 2.45) is 5.92 Å². The van der Waals surface area contributed by atoms with E-state index in [0.717, 1.165) is 12.1 Å². The predicted octanol–water partition coefficient (Wildman–Crippen LogP) is 6.51. The van der Waals surface area contributed by atoms with Crippen LogP contribution in [0.3, 0.4) is 0 Å². The Morgan fingerprint density at radius 3 is 2.24 bits per heavy atom. The summed E-state index contributed by atoms with van der Waals surface area (Å²) in [7, 11) is -4.59. The molecule has 0 saturated heterocycles. The summed E-state index contributed by atoms with van der Waals surface area (Å²) in [6.07, 6.45) is -4.80. The van der Waals surface area contributed by atoms with E-state index < -0.39 is 51.9 Å².